The molecule has 0 saturated carbocycles. The Labute approximate surface area is 110 Å². The molecule has 1 aliphatic rings. The molecule has 1 aliphatic heterocycles. The van der Waals surface area contributed by atoms with E-state index in [0.29, 0.717) is 0 Å². The van der Waals surface area contributed by atoms with Gasteiger partial charge in [0.15, 0.2) is 5.96 Å². The quantitative estimate of drug-likeness (QED) is 0.466. The van der Waals surface area contributed by atoms with E-state index in [4.69, 9.17) is 4.74 Å². The summed E-state index contributed by atoms with van der Waals surface area (Å²) >= 11 is 0. The molecule has 0 aliphatic carbocycles. The van der Waals surface area contributed by atoms with Crippen molar-refractivity contribution >= 4 is 11.9 Å². The van der Waals surface area contributed by atoms with Crippen molar-refractivity contribution in [2.75, 3.05) is 33.3 Å². The zero-order valence-electron chi connectivity index (χ0n) is 11.7. The van der Waals surface area contributed by atoms with Gasteiger partial charge in [0.05, 0.1) is 13.0 Å². The van der Waals surface area contributed by atoms with E-state index in [0.717, 1.165) is 51.4 Å². The van der Waals surface area contributed by atoms with Gasteiger partial charge in [-0.15, -0.1) is 0 Å². The summed E-state index contributed by atoms with van der Waals surface area (Å²) in [6, 6.07) is 0. The first-order chi connectivity index (χ1) is 8.72. The summed E-state index contributed by atoms with van der Waals surface area (Å²) in [6.07, 6.45) is 2.75. The molecule has 0 spiro atoms. The molecular weight excluding hydrogens is 230 g/mol. The molecule has 0 unspecified atom stereocenters. The van der Waals surface area contributed by atoms with Crippen LogP contribution < -0.4 is 5.32 Å². The summed E-state index contributed by atoms with van der Waals surface area (Å²) < 4.78 is 4.79. The first-order valence-corrected chi connectivity index (χ1v) is 6.84. The first-order valence-electron chi connectivity index (χ1n) is 6.84. The molecule has 1 heterocycles. The Bertz CT molecular complexity index is 284. The van der Waals surface area contributed by atoms with Crippen LogP contribution in [0.4, 0.5) is 0 Å². The lowest BCUT2D eigenvalue weighted by Crippen LogP contribution is -2.46. The number of hydrogen-bond acceptors (Lipinski definition) is 3. The van der Waals surface area contributed by atoms with Crippen molar-refractivity contribution in [3.05, 3.63) is 0 Å². The molecule has 0 aromatic rings. The number of guanidine groups is 1. The molecule has 0 aromatic carbocycles. The maximum absolute atomic E-state index is 11.5. The highest BCUT2D eigenvalue weighted by Gasteiger charge is 2.26. The zero-order chi connectivity index (χ0) is 13.4. The molecule has 18 heavy (non-hydrogen) atoms. The minimum Gasteiger partial charge on any atom is -0.469 e. The van der Waals surface area contributed by atoms with Gasteiger partial charge in [0, 0.05) is 26.2 Å². The van der Waals surface area contributed by atoms with Crippen molar-refractivity contribution in [2.45, 2.75) is 33.1 Å². The standard InChI is InChI=1S/C13H25N3O2/c1-4-8-15-13(14-5-2)16-9-6-11(7-10-16)12(17)18-3/h11H,4-10H2,1-3H3,(H,14,15). The molecule has 1 saturated heterocycles. The highest BCUT2D eigenvalue weighted by atomic mass is 16.5. The molecule has 1 rings (SSSR count). The number of rotatable bonds is 4. The number of carbonyl (C=O) groups is 1. The fraction of sp³-hybridized carbons (Fsp3) is 0.846. The predicted molar refractivity (Wildman–Crippen MR) is 72.6 cm³/mol. The van der Waals surface area contributed by atoms with Gasteiger partial charge < -0.3 is 15.0 Å². The van der Waals surface area contributed by atoms with Gasteiger partial charge in [-0.3, -0.25) is 9.79 Å². The predicted octanol–water partition coefficient (Wildman–Crippen LogP) is 1.25. The Hall–Kier alpha value is -1.26. The van der Waals surface area contributed by atoms with Crippen LogP contribution in [0.2, 0.25) is 0 Å². The number of aliphatic imine (C=N–C) groups is 1. The smallest absolute Gasteiger partial charge is 0.308 e. The second kappa shape index (κ2) is 7.95. The Morgan fingerprint density at radius 2 is 2.06 bits per heavy atom. The highest BCUT2D eigenvalue weighted by Crippen LogP contribution is 2.18. The van der Waals surface area contributed by atoms with Crippen molar-refractivity contribution in [3.63, 3.8) is 0 Å². The molecular formula is C13H25N3O2. The lowest BCUT2D eigenvalue weighted by atomic mass is 9.97. The van der Waals surface area contributed by atoms with Crippen LogP contribution in [-0.2, 0) is 9.53 Å². The van der Waals surface area contributed by atoms with Crippen molar-refractivity contribution in [3.8, 4) is 0 Å². The lowest BCUT2D eigenvalue weighted by Gasteiger charge is -2.33. The van der Waals surface area contributed by atoms with Gasteiger partial charge in [0.1, 0.15) is 0 Å². The minimum absolute atomic E-state index is 0.0558. The average Bonchev–Trinajstić information content (AvgIpc) is 2.43. The normalized spacial score (nSPS) is 17.7. The van der Waals surface area contributed by atoms with Gasteiger partial charge in [-0.2, -0.15) is 0 Å². The van der Waals surface area contributed by atoms with E-state index >= 15 is 0 Å². The van der Waals surface area contributed by atoms with Crippen LogP contribution in [0.15, 0.2) is 4.99 Å². The Morgan fingerprint density at radius 3 is 2.56 bits per heavy atom. The van der Waals surface area contributed by atoms with E-state index in [1.54, 1.807) is 0 Å². The van der Waals surface area contributed by atoms with E-state index in [9.17, 15) is 4.79 Å². The number of nitrogens with zero attached hydrogens (tertiary/aromatic N) is 2. The Morgan fingerprint density at radius 1 is 1.39 bits per heavy atom. The third-order valence-corrected chi connectivity index (χ3v) is 3.15. The van der Waals surface area contributed by atoms with Gasteiger partial charge in [-0.05, 0) is 26.2 Å². The third kappa shape index (κ3) is 4.20. The van der Waals surface area contributed by atoms with Crippen LogP contribution in [0, 0.1) is 5.92 Å². The Balaban J connectivity index is 2.50. The van der Waals surface area contributed by atoms with Crippen molar-refractivity contribution in [1.82, 2.24) is 10.2 Å². The number of nitrogens with one attached hydrogen (secondary N) is 1. The second-order valence-corrected chi connectivity index (χ2v) is 4.52. The van der Waals surface area contributed by atoms with E-state index in [-0.39, 0.29) is 11.9 Å². The topological polar surface area (TPSA) is 53.9 Å². The number of esters is 1. The molecule has 1 fully saturated rings. The second-order valence-electron chi connectivity index (χ2n) is 4.52. The fourth-order valence-electron chi connectivity index (χ4n) is 2.14. The maximum Gasteiger partial charge on any atom is 0.308 e. The van der Waals surface area contributed by atoms with E-state index in [2.05, 4.69) is 29.1 Å². The molecule has 1 N–H and O–H groups in total. The van der Waals surface area contributed by atoms with Gasteiger partial charge in [-0.1, -0.05) is 6.92 Å². The van der Waals surface area contributed by atoms with E-state index < -0.39 is 0 Å². The van der Waals surface area contributed by atoms with Crippen LogP contribution in [0.25, 0.3) is 0 Å². The minimum atomic E-state index is -0.0786. The Kier molecular flexibility index (Phi) is 6.54. The number of ether oxygens (including phenoxy) is 1. The molecule has 0 radical (unpaired) electrons. The summed E-state index contributed by atoms with van der Waals surface area (Å²) in [4.78, 5) is 18.3. The number of piperidine rings is 1. The summed E-state index contributed by atoms with van der Waals surface area (Å²) in [6.45, 7) is 7.66. The monoisotopic (exact) mass is 255 g/mol. The maximum atomic E-state index is 11.5. The van der Waals surface area contributed by atoms with Crippen LogP contribution in [0.1, 0.15) is 33.1 Å². The van der Waals surface area contributed by atoms with Crippen LogP contribution in [0.5, 0.6) is 0 Å². The summed E-state index contributed by atoms with van der Waals surface area (Å²) in [5.41, 5.74) is 0. The largest absolute Gasteiger partial charge is 0.469 e. The first kappa shape index (κ1) is 14.8. The summed E-state index contributed by atoms with van der Waals surface area (Å²) in [7, 11) is 1.46. The highest BCUT2D eigenvalue weighted by molar-refractivity contribution is 5.80. The molecule has 0 atom stereocenters. The molecule has 0 bridgehead atoms. The lowest BCUT2D eigenvalue weighted by molar-refractivity contribution is -0.146. The van der Waals surface area contributed by atoms with Gasteiger partial charge in [0.25, 0.3) is 0 Å². The van der Waals surface area contributed by atoms with Gasteiger partial charge in [-0.25, -0.2) is 0 Å². The fourth-order valence-corrected chi connectivity index (χ4v) is 2.14. The zero-order valence-corrected chi connectivity index (χ0v) is 11.7. The van der Waals surface area contributed by atoms with Gasteiger partial charge >= 0.3 is 5.97 Å². The summed E-state index contributed by atoms with van der Waals surface area (Å²) in [5.74, 6) is 0.952. The van der Waals surface area contributed by atoms with Gasteiger partial charge in [0.2, 0.25) is 0 Å². The SMILES string of the molecule is CCCN=C(NCC)N1CCC(C(=O)OC)CC1. The number of hydrogen-bond donors (Lipinski definition) is 1. The van der Waals surface area contributed by atoms with Crippen molar-refractivity contribution in [1.29, 1.82) is 0 Å². The molecule has 5 heteroatoms. The number of carbonyl (C=O) groups excluding carboxylic acids is 1. The van der Waals surface area contributed by atoms with Crippen molar-refractivity contribution in [2.24, 2.45) is 10.9 Å². The number of methoxy groups -OCH3 is 1. The third-order valence-electron chi connectivity index (χ3n) is 3.15. The molecule has 104 valence electrons. The van der Waals surface area contributed by atoms with Crippen LogP contribution >= 0.6 is 0 Å². The molecule has 5 nitrogen and oxygen atoms in total. The molecule has 0 amide bonds. The van der Waals surface area contributed by atoms with E-state index in [1.807, 2.05) is 0 Å². The molecule has 0 aromatic heterocycles. The van der Waals surface area contributed by atoms with Crippen LogP contribution in [0.3, 0.4) is 0 Å². The number of likely N-dealkylation sites (tertiary alicyclic amines) is 1. The summed E-state index contributed by atoms with van der Waals surface area (Å²) in [5, 5.41) is 3.30. The average molecular weight is 255 g/mol. The van der Waals surface area contributed by atoms with Crippen molar-refractivity contribution < 1.29 is 9.53 Å². The van der Waals surface area contributed by atoms with E-state index in [1.165, 1.54) is 7.11 Å². The van der Waals surface area contributed by atoms with Crippen LogP contribution in [-0.4, -0.2) is 50.1 Å².